The first-order valence-corrected chi connectivity index (χ1v) is 11.5. The molecule has 0 atom stereocenters. The molecule has 6 rings (SSSR count). The Balaban J connectivity index is 1.44. The summed E-state index contributed by atoms with van der Waals surface area (Å²) in [7, 11) is 0. The first-order chi connectivity index (χ1) is 15.8. The standard InChI is InChI=1S/C29H20N2S/c1-19-30-25(21-8-3-2-4-9-21)18-26(31-19)22-16-14-20(15-17-22)23-11-7-13-28-29(23)24-10-5-6-12-27(24)32-28/h2-18H,1H3. The molecule has 0 bridgehead atoms. The largest absolute Gasteiger partial charge is 0.233 e. The Hall–Kier alpha value is -3.82. The third-order valence-corrected chi connectivity index (χ3v) is 6.94. The first-order valence-electron chi connectivity index (χ1n) is 10.7. The second-order valence-corrected chi connectivity index (χ2v) is 8.99. The summed E-state index contributed by atoms with van der Waals surface area (Å²) < 4.78 is 2.66. The van der Waals surface area contributed by atoms with Gasteiger partial charge in [-0.2, -0.15) is 0 Å². The van der Waals surface area contributed by atoms with Crippen LogP contribution < -0.4 is 0 Å². The van der Waals surface area contributed by atoms with Crippen LogP contribution in [0.15, 0.2) is 103 Å². The molecule has 0 saturated heterocycles. The van der Waals surface area contributed by atoms with Crippen LogP contribution in [-0.4, -0.2) is 9.97 Å². The maximum Gasteiger partial charge on any atom is 0.126 e. The summed E-state index contributed by atoms with van der Waals surface area (Å²) >= 11 is 1.85. The molecule has 4 aromatic carbocycles. The van der Waals surface area contributed by atoms with Crippen LogP contribution >= 0.6 is 11.3 Å². The fourth-order valence-electron chi connectivity index (χ4n) is 4.31. The predicted molar refractivity (Wildman–Crippen MR) is 136 cm³/mol. The van der Waals surface area contributed by atoms with Gasteiger partial charge in [0.25, 0.3) is 0 Å². The Morgan fingerprint density at radius 2 is 1.19 bits per heavy atom. The van der Waals surface area contributed by atoms with Crippen LogP contribution in [0.5, 0.6) is 0 Å². The van der Waals surface area contributed by atoms with Crippen molar-refractivity contribution >= 4 is 31.5 Å². The number of thiophene rings is 1. The van der Waals surface area contributed by atoms with Crippen molar-refractivity contribution in [2.24, 2.45) is 0 Å². The molecule has 32 heavy (non-hydrogen) atoms. The molecule has 2 aromatic heterocycles. The number of fused-ring (bicyclic) bond motifs is 3. The molecule has 2 heterocycles. The van der Waals surface area contributed by atoms with Gasteiger partial charge in [-0.15, -0.1) is 11.3 Å². The zero-order chi connectivity index (χ0) is 21.5. The van der Waals surface area contributed by atoms with Crippen molar-refractivity contribution in [2.75, 3.05) is 0 Å². The molecular weight excluding hydrogens is 408 g/mol. The summed E-state index contributed by atoms with van der Waals surface area (Å²) in [6, 6.07) is 36.3. The lowest BCUT2D eigenvalue weighted by Crippen LogP contribution is -1.94. The van der Waals surface area contributed by atoms with Crippen LogP contribution in [-0.2, 0) is 0 Å². The van der Waals surface area contributed by atoms with E-state index in [1.54, 1.807) is 0 Å². The second kappa shape index (κ2) is 7.70. The van der Waals surface area contributed by atoms with Gasteiger partial charge in [0.05, 0.1) is 11.4 Å². The smallest absolute Gasteiger partial charge is 0.126 e. The zero-order valence-electron chi connectivity index (χ0n) is 17.6. The van der Waals surface area contributed by atoms with Crippen molar-refractivity contribution in [1.29, 1.82) is 0 Å². The average molecular weight is 429 g/mol. The summed E-state index contributed by atoms with van der Waals surface area (Å²) in [5, 5.41) is 2.66. The topological polar surface area (TPSA) is 25.8 Å². The van der Waals surface area contributed by atoms with Crippen molar-refractivity contribution in [3.63, 3.8) is 0 Å². The van der Waals surface area contributed by atoms with E-state index in [0.717, 1.165) is 28.3 Å². The van der Waals surface area contributed by atoms with Gasteiger partial charge in [-0.25, -0.2) is 9.97 Å². The molecule has 0 radical (unpaired) electrons. The molecule has 0 aliphatic rings. The Labute approximate surface area is 190 Å². The fraction of sp³-hybridized carbons (Fsp3) is 0.0345. The molecule has 0 aliphatic carbocycles. The minimum Gasteiger partial charge on any atom is -0.233 e. The quantitative estimate of drug-likeness (QED) is 0.284. The molecule has 3 heteroatoms. The second-order valence-electron chi connectivity index (χ2n) is 7.91. The van der Waals surface area contributed by atoms with Gasteiger partial charge in [-0.1, -0.05) is 84.9 Å². The maximum atomic E-state index is 4.71. The van der Waals surface area contributed by atoms with Gasteiger partial charge in [0.15, 0.2) is 0 Å². The van der Waals surface area contributed by atoms with Crippen LogP contribution in [0.3, 0.4) is 0 Å². The first kappa shape index (κ1) is 18.9. The number of hydrogen-bond acceptors (Lipinski definition) is 3. The van der Waals surface area contributed by atoms with Gasteiger partial charge in [0.2, 0.25) is 0 Å². The fourth-order valence-corrected chi connectivity index (χ4v) is 5.44. The summed E-state index contributed by atoms with van der Waals surface area (Å²) in [6.07, 6.45) is 0. The number of hydrogen-bond donors (Lipinski definition) is 0. The Morgan fingerprint density at radius 1 is 0.562 bits per heavy atom. The highest BCUT2D eigenvalue weighted by molar-refractivity contribution is 7.25. The van der Waals surface area contributed by atoms with Crippen LogP contribution in [0.1, 0.15) is 5.82 Å². The number of rotatable bonds is 3. The highest BCUT2D eigenvalue weighted by atomic mass is 32.1. The van der Waals surface area contributed by atoms with Crippen molar-refractivity contribution in [3.8, 4) is 33.6 Å². The van der Waals surface area contributed by atoms with Crippen molar-refractivity contribution in [2.45, 2.75) is 6.92 Å². The molecule has 0 spiro atoms. The summed E-state index contributed by atoms with van der Waals surface area (Å²) in [5.41, 5.74) is 6.59. The third-order valence-electron chi connectivity index (χ3n) is 5.80. The number of aryl methyl sites for hydroxylation is 1. The lowest BCUT2D eigenvalue weighted by atomic mass is 9.98. The van der Waals surface area contributed by atoms with E-state index in [9.17, 15) is 0 Å². The lowest BCUT2D eigenvalue weighted by Gasteiger charge is -2.09. The van der Waals surface area contributed by atoms with Gasteiger partial charge >= 0.3 is 0 Å². The van der Waals surface area contributed by atoms with E-state index < -0.39 is 0 Å². The van der Waals surface area contributed by atoms with E-state index in [1.165, 1.54) is 31.3 Å². The SMILES string of the molecule is Cc1nc(-c2ccccc2)cc(-c2ccc(-c3cccc4sc5ccccc5c34)cc2)n1. The van der Waals surface area contributed by atoms with E-state index >= 15 is 0 Å². The molecule has 0 saturated carbocycles. The Kier molecular flexibility index (Phi) is 4.55. The normalized spacial score (nSPS) is 11.3. The van der Waals surface area contributed by atoms with E-state index in [-0.39, 0.29) is 0 Å². The van der Waals surface area contributed by atoms with E-state index in [4.69, 9.17) is 4.98 Å². The molecule has 2 nitrogen and oxygen atoms in total. The molecule has 0 fully saturated rings. The zero-order valence-corrected chi connectivity index (χ0v) is 18.4. The van der Waals surface area contributed by atoms with E-state index in [1.807, 2.05) is 36.5 Å². The van der Waals surface area contributed by atoms with Gasteiger partial charge in [-0.3, -0.25) is 0 Å². The third kappa shape index (κ3) is 3.28. The number of aromatic nitrogens is 2. The molecule has 6 aromatic rings. The predicted octanol–water partition coefficient (Wildman–Crippen LogP) is 8.15. The minimum atomic E-state index is 0.778. The van der Waals surface area contributed by atoms with Crippen molar-refractivity contribution in [1.82, 2.24) is 9.97 Å². The molecule has 0 amide bonds. The van der Waals surface area contributed by atoms with E-state index in [0.29, 0.717) is 0 Å². The molecule has 0 aliphatic heterocycles. The van der Waals surface area contributed by atoms with Gasteiger partial charge in [0, 0.05) is 31.3 Å². The molecule has 152 valence electrons. The van der Waals surface area contributed by atoms with E-state index in [2.05, 4.69) is 89.9 Å². The Morgan fingerprint density at radius 3 is 1.97 bits per heavy atom. The summed E-state index contributed by atoms with van der Waals surface area (Å²) in [6.45, 7) is 1.95. The number of nitrogens with zero attached hydrogens (tertiary/aromatic N) is 2. The van der Waals surface area contributed by atoms with Crippen LogP contribution in [0.4, 0.5) is 0 Å². The van der Waals surface area contributed by atoms with Gasteiger partial charge < -0.3 is 0 Å². The van der Waals surface area contributed by atoms with Gasteiger partial charge in [-0.05, 0) is 36.2 Å². The molecular formula is C29H20N2S. The highest BCUT2D eigenvalue weighted by Crippen LogP contribution is 2.40. The lowest BCUT2D eigenvalue weighted by molar-refractivity contribution is 1.06. The van der Waals surface area contributed by atoms with Crippen LogP contribution in [0, 0.1) is 6.92 Å². The van der Waals surface area contributed by atoms with Gasteiger partial charge in [0.1, 0.15) is 5.82 Å². The minimum absolute atomic E-state index is 0.778. The van der Waals surface area contributed by atoms with Crippen molar-refractivity contribution in [3.05, 3.63) is 109 Å². The highest BCUT2D eigenvalue weighted by Gasteiger charge is 2.11. The Bertz CT molecular complexity index is 1560. The maximum absolute atomic E-state index is 4.71. The van der Waals surface area contributed by atoms with Crippen LogP contribution in [0.2, 0.25) is 0 Å². The molecule has 0 unspecified atom stereocenters. The molecule has 0 N–H and O–H groups in total. The van der Waals surface area contributed by atoms with Crippen molar-refractivity contribution < 1.29 is 0 Å². The monoisotopic (exact) mass is 428 g/mol. The number of benzene rings is 4. The van der Waals surface area contributed by atoms with Crippen LogP contribution in [0.25, 0.3) is 53.8 Å². The summed E-state index contributed by atoms with van der Waals surface area (Å²) in [4.78, 5) is 9.35. The summed E-state index contributed by atoms with van der Waals surface area (Å²) in [5.74, 6) is 0.778. The average Bonchev–Trinajstić information content (AvgIpc) is 3.23.